The lowest BCUT2D eigenvalue weighted by atomic mass is 10.1. The molecular weight excluding hydrogens is 324 g/mol. The minimum atomic E-state index is -0.128. The second-order valence-electron chi connectivity index (χ2n) is 4.17. The largest absolute Gasteiger partial charge is 0.305 e. The van der Waals surface area contributed by atoms with Crippen LogP contribution in [-0.4, -0.2) is 9.97 Å². The first-order valence-electron chi connectivity index (χ1n) is 5.96. The van der Waals surface area contributed by atoms with E-state index in [9.17, 15) is 4.79 Å². The van der Waals surface area contributed by atoms with E-state index in [-0.39, 0.29) is 5.56 Å². The Kier molecular flexibility index (Phi) is 3.24. The van der Waals surface area contributed by atoms with Crippen molar-refractivity contribution >= 4 is 37.4 Å². The number of benzene rings is 1. The lowest BCUT2D eigenvalue weighted by molar-refractivity contribution is 0.972. The summed E-state index contributed by atoms with van der Waals surface area (Å²) < 4.78 is 1.72. The van der Waals surface area contributed by atoms with Crippen molar-refractivity contribution in [2.24, 2.45) is 0 Å². The molecule has 1 aromatic carbocycles. The topological polar surface area (TPSA) is 45.8 Å². The number of nitrogens with zero attached hydrogens (tertiary/aromatic N) is 1. The molecule has 19 heavy (non-hydrogen) atoms. The first-order valence-corrected chi connectivity index (χ1v) is 7.63. The number of fused-ring (bicyclic) bond motifs is 1. The Bertz CT molecular complexity index is 807. The molecule has 0 saturated carbocycles. The van der Waals surface area contributed by atoms with Gasteiger partial charge in [-0.1, -0.05) is 25.1 Å². The monoisotopic (exact) mass is 334 g/mol. The maximum atomic E-state index is 11.9. The molecule has 0 spiro atoms. The van der Waals surface area contributed by atoms with Crippen LogP contribution in [0.5, 0.6) is 0 Å². The van der Waals surface area contributed by atoms with Gasteiger partial charge in [0.15, 0.2) is 0 Å². The number of nitrogens with one attached hydrogen (secondary N) is 1. The molecule has 0 amide bonds. The zero-order valence-electron chi connectivity index (χ0n) is 10.2. The predicted octanol–water partition coefficient (Wildman–Crippen LogP) is 3.98. The first kappa shape index (κ1) is 12.6. The maximum absolute atomic E-state index is 11.9. The minimum Gasteiger partial charge on any atom is -0.305 e. The number of H-pyrrole nitrogens is 1. The summed E-state index contributed by atoms with van der Waals surface area (Å²) in [6, 6.07) is 8.13. The summed E-state index contributed by atoms with van der Waals surface area (Å²) in [4.78, 5) is 19.3. The fourth-order valence-electron chi connectivity index (χ4n) is 2.03. The number of thiophene rings is 1. The van der Waals surface area contributed by atoms with Crippen LogP contribution in [0.3, 0.4) is 0 Å². The van der Waals surface area contributed by atoms with Gasteiger partial charge in [-0.25, -0.2) is 4.98 Å². The molecule has 2 aromatic heterocycles. The van der Waals surface area contributed by atoms with Crippen molar-refractivity contribution in [1.29, 1.82) is 0 Å². The van der Waals surface area contributed by atoms with Crippen LogP contribution >= 0.6 is 27.3 Å². The zero-order valence-corrected chi connectivity index (χ0v) is 12.6. The van der Waals surface area contributed by atoms with Gasteiger partial charge in [-0.05, 0) is 28.4 Å². The zero-order chi connectivity index (χ0) is 13.4. The fraction of sp³-hybridized carbons (Fsp3) is 0.143. The first-order chi connectivity index (χ1) is 9.20. The van der Waals surface area contributed by atoms with Crippen molar-refractivity contribution in [2.45, 2.75) is 13.3 Å². The lowest BCUT2D eigenvalue weighted by Gasteiger charge is -2.04. The number of aryl methyl sites for hydroxylation is 1. The summed E-state index contributed by atoms with van der Waals surface area (Å²) in [5.41, 5.74) is 1.64. The van der Waals surface area contributed by atoms with Gasteiger partial charge in [-0.15, -0.1) is 11.3 Å². The van der Waals surface area contributed by atoms with Gasteiger partial charge in [0, 0.05) is 21.0 Å². The predicted molar refractivity (Wildman–Crippen MR) is 82.8 cm³/mol. The van der Waals surface area contributed by atoms with Crippen LogP contribution in [0, 0.1) is 0 Å². The second kappa shape index (κ2) is 4.90. The number of halogens is 1. The Balaban J connectivity index is 2.27. The molecule has 0 radical (unpaired) electrons. The van der Waals surface area contributed by atoms with E-state index in [0.29, 0.717) is 10.3 Å². The third kappa shape index (κ3) is 2.13. The molecule has 0 fully saturated rings. The average Bonchev–Trinajstić information content (AvgIpc) is 2.85. The van der Waals surface area contributed by atoms with E-state index >= 15 is 0 Å². The highest BCUT2D eigenvalue weighted by Gasteiger charge is 2.12. The molecule has 0 saturated heterocycles. The van der Waals surface area contributed by atoms with Gasteiger partial charge in [-0.3, -0.25) is 4.79 Å². The summed E-state index contributed by atoms with van der Waals surface area (Å²) in [6.45, 7) is 1.99. The Morgan fingerprint density at radius 1 is 1.37 bits per heavy atom. The third-order valence-corrected chi connectivity index (χ3v) is 4.78. The highest BCUT2D eigenvalue weighted by Crippen LogP contribution is 2.31. The van der Waals surface area contributed by atoms with Gasteiger partial charge < -0.3 is 4.98 Å². The lowest BCUT2D eigenvalue weighted by Crippen LogP contribution is -2.13. The number of aromatic amines is 1. The van der Waals surface area contributed by atoms with E-state index in [1.165, 1.54) is 4.70 Å². The Hall–Kier alpha value is -1.46. The highest BCUT2D eigenvalue weighted by atomic mass is 79.9. The van der Waals surface area contributed by atoms with Crippen molar-refractivity contribution < 1.29 is 0 Å². The quantitative estimate of drug-likeness (QED) is 0.770. The summed E-state index contributed by atoms with van der Waals surface area (Å²) >= 11 is 4.94. The van der Waals surface area contributed by atoms with Crippen molar-refractivity contribution in [3.05, 3.63) is 50.2 Å². The van der Waals surface area contributed by atoms with E-state index in [2.05, 4.69) is 38.0 Å². The maximum Gasteiger partial charge on any atom is 0.265 e. The molecule has 0 unspecified atom stereocenters. The Labute approximate surface area is 122 Å². The molecule has 0 aliphatic carbocycles. The summed E-state index contributed by atoms with van der Waals surface area (Å²) in [5.74, 6) is 0.641. The van der Waals surface area contributed by atoms with Gasteiger partial charge in [0.25, 0.3) is 5.56 Å². The van der Waals surface area contributed by atoms with E-state index in [1.807, 2.05) is 24.4 Å². The summed E-state index contributed by atoms with van der Waals surface area (Å²) in [5, 5.41) is 3.16. The molecule has 96 valence electrons. The average molecular weight is 335 g/mol. The highest BCUT2D eigenvalue weighted by molar-refractivity contribution is 9.10. The molecule has 0 aliphatic rings. The van der Waals surface area contributed by atoms with Crippen molar-refractivity contribution in [3.63, 3.8) is 0 Å². The van der Waals surface area contributed by atoms with Gasteiger partial charge in [0.05, 0.1) is 5.69 Å². The second-order valence-corrected chi connectivity index (χ2v) is 5.88. The van der Waals surface area contributed by atoms with Crippen LogP contribution in [0.1, 0.15) is 12.6 Å². The van der Waals surface area contributed by atoms with Crippen LogP contribution in [0.4, 0.5) is 0 Å². The molecule has 0 bridgehead atoms. The van der Waals surface area contributed by atoms with Gasteiger partial charge in [0.1, 0.15) is 10.3 Å². The normalized spacial score (nSPS) is 11.1. The van der Waals surface area contributed by atoms with Crippen LogP contribution in [0.15, 0.2) is 38.9 Å². The molecular formula is C14H11BrN2OS. The molecule has 3 rings (SSSR count). The SMILES string of the molecule is CCc1nc(-c2csc3ccccc23)[nH]c(=O)c1Br. The summed E-state index contributed by atoms with van der Waals surface area (Å²) in [7, 11) is 0. The van der Waals surface area contributed by atoms with E-state index in [0.717, 1.165) is 23.1 Å². The van der Waals surface area contributed by atoms with Crippen LogP contribution < -0.4 is 5.56 Å². The van der Waals surface area contributed by atoms with E-state index in [1.54, 1.807) is 11.3 Å². The molecule has 0 atom stereocenters. The van der Waals surface area contributed by atoms with Crippen LogP contribution in [-0.2, 0) is 6.42 Å². The number of rotatable bonds is 2. The number of hydrogen-bond acceptors (Lipinski definition) is 3. The van der Waals surface area contributed by atoms with Gasteiger partial charge in [-0.2, -0.15) is 0 Å². The molecule has 3 aromatic rings. The van der Waals surface area contributed by atoms with Crippen molar-refractivity contribution in [2.75, 3.05) is 0 Å². The molecule has 1 N–H and O–H groups in total. The summed E-state index contributed by atoms with van der Waals surface area (Å²) in [6.07, 6.45) is 0.722. The fourth-order valence-corrected chi connectivity index (χ4v) is 3.44. The standard InChI is InChI=1S/C14H11BrN2OS/c1-2-10-12(15)14(18)17-13(16-10)9-7-19-11-6-4-3-5-8(9)11/h3-7H,2H2,1H3,(H,16,17,18). The number of hydrogen-bond donors (Lipinski definition) is 1. The van der Waals surface area contributed by atoms with Crippen molar-refractivity contribution in [3.8, 4) is 11.4 Å². The molecule has 2 heterocycles. The Morgan fingerprint density at radius 3 is 2.95 bits per heavy atom. The molecule has 5 heteroatoms. The van der Waals surface area contributed by atoms with Crippen LogP contribution in [0.2, 0.25) is 0 Å². The smallest absolute Gasteiger partial charge is 0.265 e. The minimum absolute atomic E-state index is 0.128. The molecule has 0 aliphatic heterocycles. The van der Waals surface area contributed by atoms with E-state index in [4.69, 9.17) is 0 Å². The Morgan fingerprint density at radius 2 is 2.16 bits per heavy atom. The van der Waals surface area contributed by atoms with E-state index < -0.39 is 0 Å². The third-order valence-electron chi connectivity index (χ3n) is 3.00. The number of aromatic nitrogens is 2. The van der Waals surface area contributed by atoms with Crippen LogP contribution in [0.25, 0.3) is 21.5 Å². The van der Waals surface area contributed by atoms with Gasteiger partial charge in [0.2, 0.25) is 0 Å². The molecule has 3 nitrogen and oxygen atoms in total. The van der Waals surface area contributed by atoms with Crippen molar-refractivity contribution in [1.82, 2.24) is 9.97 Å². The van der Waals surface area contributed by atoms with Gasteiger partial charge >= 0.3 is 0 Å².